The van der Waals surface area contributed by atoms with Crippen LogP contribution in [0.15, 0.2) is 48.9 Å². The second-order valence-electron chi connectivity index (χ2n) is 9.22. The molecule has 7 heteroatoms. The van der Waals surface area contributed by atoms with Crippen molar-refractivity contribution in [2.75, 3.05) is 19.0 Å². The molecule has 2 aliphatic rings. The zero-order chi connectivity index (χ0) is 22.2. The molecule has 6 rings (SSSR count). The maximum Gasteiger partial charge on any atom is 0.225 e. The number of ether oxygens (including phenoxy) is 2. The van der Waals surface area contributed by atoms with Gasteiger partial charge >= 0.3 is 0 Å². The lowest BCUT2D eigenvalue weighted by Crippen LogP contribution is -2.12. The molecular formula is C26H29N5O2. The zero-order valence-electron chi connectivity index (χ0n) is 18.9. The summed E-state index contributed by atoms with van der Waals surface area (Å²) in [6.07, 6.45) is 10.5. The highest BCUT2D eigenvalue weighted by Gasteiger charge is 2.28. The van der Waals surface area contributed by atoms with E-state index in [1.54, 1.807) is 13.4 Å². The van der Waals surface area contributed by atoms with E-state index in [0.717, 1.165) is 60.5 Å². The van der Waals surface area contributed by atoms with Crippen LogP contribution < -0.4 is 10.1 Å². The van der Waals surface area contributed by atoms with Crippen LogP contribution in [0.3, 0.4) is 0 Å². The second kappa shape index (κ2) is 8.63. The Hall–Kier alpha value is -3.19. The molecule has 4 aromatic rings. The van der Waals surface area contributed by atoms with Gasteiger partial charge in [0.1, 0.15) is 24.0 Å². The van der Waals surface area contributed by atoms with Crippen molar-refractivity contribution >= 4 is 27.8 Å². The number of anilines is 1. The normalized spacial score (nSPS) is 20.5. The summed E-state index contributed by atoms with van der Waals surface area (Å²) in [6.45, 7) is 1.04. The highest BCUT2D eigenvalue weighted by atomic mass is 16.5. The molecule has 1 N–H and O–H groups in total. The molecule has 1 aromatic carbocycles. The number of pyridine rings is 1. The van der Waals surface area contributed by atoms with E-state index in [1.165, 1.54) is 23.8 Å². The van der Waals surface area contributed by atoms with E-state index in [0.29, 0.717) is 5.88 Å². The summed E-state index contributed by atoms with van der Waals surface area (Å²) in [5, 5.41) is 5.59. The Balaban J connectivity index is 1.10. The van der Waals surface area contributed by atoms with Crippen LogP contribution in [-0.2, 0) is 11.2 Å². The molecule has 1 saturated carbocycles. The van der Waals surface area contributed by atoms with Crippen molar-refractivity contribution in [2.24, 2.45) is 5.92 Å². The summed E-state index contributed by atoms with van der Waals surface area (Å²) in [5.41, 5.74) is 3.23. The number of aromatic nitrogens is 4. The largest absolute Gasteiger partial charge is 0.480 e. The van der Waals surface area contributed by atoms with E-state index < -0.39 is 0 Å². The molecule has 2 unspecified atom stereocenters. The lowest BCUT2D eigenvalue weighted by atomic mass is 10.0. The van der Waals surface area contributed by atoms with Crippen LogP contribution in [0.2, 0.25) is 0 Å². The van der Waals surface area contributed by atoms with Gasteiger partial charge in [0.15, 0.2) is 0 Å². The molecule has 4 heterocycles. The molecule has 0 radical (unpaired) electrons. The minimum atomic E-state index is 0.00507. The van der Waals surface area contributed by atoms with Gasteiger partial charge in [-0.2, -0.15) is 0 Å². The van der Waals surface area contributed by atoms with E-state index in [9.17, 15) is 0 Å². The number of aryl methyl sites for hydroxylation is 1. The number of fused-ring (bicyclic) bond motifs is 2. The second-order valence-corrected chi connectivity index (χ2v) is 9.22. The first kappa shape index (κ1) is 20.4. The number of methoxy groups -OCH3 is 1. The predicted molar refractivity (Wildman–Crippen MR) is 129 cm³/mol. The summed E-state index contributed by atoms with van der Waals surface area (Å²) in [6, 6.07) is 12.9. The molecule has 2 fully saturated rings. The van der Waals surface area contributed by atoms with Gasteiger partial charge in [-0.25, -0.2) is 15.0 Å². The van der Waals surface area contributed by atoms with Crippen LogP contribution in [0.5, 0.6) is 5.88 Å². The van der Waals surface area contributed by atoms with E-state index in [2.05, 4.69) is 50.2 Å². The van der Waals surface area contributed by atoms with Crippen molar-refractivity contribution in [3.8, 4) is 5.88 Å². The molecular weight excluding hydrogens is 414 g/mol. The maximum absolute atomic E-state index is 6.41. The first-order chi connectivity index (χ1) is 16.3. The topological polar surface area (TPSA) is 74.1 Å². The van der Waals surface area contributed by atoms with Gasteiger partial charge in [-0.15, -0.1) is 0 Å². The summed E-state index contributed by atoms with van der Waals surface area (Å²) in [7, 11) is 1.63. The van der Waals surface area contributed by atoms with Crippen molar-refractivity contribution < 1.29 is 9.47 Å². The van der Waals surface area contributed by atoms with Crippen molar-refractivity contribution in [3.05, 3.63) is 54.5 Å². The number of benzene rings is 1. The zero-order valence-corrected chi connectivity index (χ0v) is 18.9. The van der Waals surface area contributed by atoms with Gasteiger partial charge in [-0.3, -0.25) is 0 Å². The Kier molecular flexibility index (Phi) is 5.34. The molecule has 1 saturated heterocycles. The lowest BCUT2D eigenvalue weighted by Gasteiger charge is -2.16. The number of nitrogens with one attached hydrogen (secondary N) is 1. The molecule has 7 nitrogen and oxygen atoms in total. The summed E-state index contributed by atoms with van der Waals surface area (Å²) in [4.78, 5) is 13.5. The highest BCUT2D eigenvalue weighted by molar-refractivity contribution is 5.81. The SMILES string of the molecule is COc1ncnc2c1ccn2C1CCC(CCc2ccc3ccc(NCC4CC4)nc3c2)O1. The highest BCUT2D eigenvalue weighted by Crippen LogP contribution is 2.34. The number of hydrogen-bond donors (Lipinski definition) is 1. The lowest BCUT2D eigenvalue weighted by molar-refractivity contribution is 0.00119. The number of rotatable bonds is 8. The van der Waals surface area contributed by atoms with Crippen LogP contribution in [0.4, 0.5) is 5.82 Å². The van der Waals surface area contributed by atoms with E-state index in [-0.39, 0.29) is 12.3 Å². The van der Waals surface area contributed by atoms with Crippen molar-refractivity contribution in [1.29, 1.82) is 0 Å². The maximum atomic E-state index is 6.41. The van der Waals surface area contributed by atoms with Crippen molar-refractivity contribution in [3.63, 3.8) is 0 Å². The quantitative estimate of drug-likeness (QED) is 0.407. The summed E-state index contributed by atoms with van der Waals surface area (Å²) >= 11 is 0. The minimum Gasteiger partial charge on any atom is -0.480 e. The van der Waals surface area contributed by atoms with Crippen LogP contribution in [-0.4, -0.2) is 39.3 Å². The Bertz CT molecular complexity index is 1280. The first-order valence-corrected chi connectivity index (χ1v) is 11.9. The fourth-order valence-corrected chi connectivity index (χ4v) is 4.76. The Morgan fingerprint density at radius 3 is 2.88 bits per heavy atom. The Labute approximate surface area is 193 Å². The van der Waals surface area contributed by atoms with Gasteiger partial charge in [0, 0.05) is 18.1 Å². The molecule has 0 bridgehead atoms. The molecule has 1 aliphatic heterocycles. The number of nitrogens with zero attached hydrogens (tertiary/aromatic N) is 4. The predicted octanol–water partition coefficient (Wildman–Crippen LogP) is 5.12. The van der Waals surface area contributed by atoms with E-state index >= 15 is 0 Å². The monoisotopic (exact) mass is 443 g/mol. The molecule has 1 aliphatic carbocycles. The van der Waals surface area contributed by atoms with Gasteiger partial charge in [0.25, 0.3) is 0 Å². The molecule has 2 atom stereocenters. The van der Waals surface area contributed by atoms with E-state index in [4.69, 9.17) is 14.5 Å². The third kappa shape index (κ3) is 4.25. The Morgan fingerprint density at radius 2 is 2.00 bits per heavy atom. The van der Waals surface area contributed by atoms with Gasteiger partial charge < -0.3 is 19.4 Å². The van der Waals surface area contributed by atoms with Gasteiger partial charge in [0.05, 0.1) is 24.1 Å². The minimum absolute atomic E-state index is 0.00507. The third-order valence-corrected chi connectivity index (χ3v) is 6.84. The summed E-state index contributed by atoms with van der Waals surface area (Å²) in [5.74, 6) is 2.42. The molecule has 33 heavy (non-hydrogen) atoms. The third-order valence-electron chi connectivity index (χ3n) is 6.84. The van der Waals surface area contributed by atoms with Gasteiger partial charge in [-0.05, 0) is 74.3 Å². The first-order valence-electron chi connectivity index (χ1n) is 11.9. The average Bonchev–Trinajstić information content (AvgIpc) is 3.39. The molecule has 3 aromatic heterocycles. The smallest absolute Gasteiger partial charge is 0.225 e. The molecule has 170 valence electrons. The fourth-order valence-electron chi connectivity index (χ4n) is 4.76. The fraction of sp³-hybridized carbons (Fsp3) is 0.423. The van der Waals surface area contributed by atoms with Gasteiger partial charge in [0.2, 0.25) is 5.88 Å². The van der Waals surface area contributed by atoms with Crippen LogP contribution >= 0.6 is 0 Å². The molecule has 0 amide bonds. The number of hydrogen-bond acceptors (Lipinski definition) is 6. The van der Waals surface area contributed by atoms with E-state index in [1.807, 2.05) is 12.3 Å². The van der Waals surface area contributed by atoms with Crippen molar-refractivity contribution in [1.82, 2.24) is 19.5 Å². The Morgan fingerprint density at radius 1 is 1.09 bits per heavy atom. The van der Waals surface area contributed by atoms with Crippen molar-refractivity contribution in [2.45, 2.75) is 50.9 Å². The van der Waals surface area contributed by atoms with Gasteiger partial charge in [-0.1, -0.05) is 12.1 Å². The van der Waals surface area contributed by atoms with Crippen LogP contribution in [0.1, 0.15) is 43.9 Å². The van der Waals surface area contributed by atoms with Crippen LogP contribution in [0.25, 0.3) is 21.9 Å². The summed E-state index contributed by atoms with van der Waals surface area (Å²) < 4.78 is 13.9. The average molecular weight is 444 g/mol. The van der Waals surface area contributed by atoms with Crippen LogP contribution in [0, 0.1) is 5.92 Å². The molecule has 0 spiro atoms. The standard InChI is InChI=1S/C26H29N5O2/c1-32-26-21-12-13-31(25(21)28-16-29-26)24-11-9-20(33-24)8-5-17-4-6-19-7-10-23(30-22(19)14-17)27-15-18-2-3-18/h4,6-7,10,12-14,16,18,20,24H,2-3,5,8-9,11,15H2,1H3,(H,27,30).